The smallest absolute Gasteiger partial charge is 0.344 e. The molecule has 0 unspecified atom stereocenters. The average Bonchev–Trinajstić information content (AvgIpc) is 2.79. The zero-order valence-corrected chi connectivity index (χ0v) is 17.9. The molecule has 3 rings (SSSR count). The molecule has 0 amide bonds. The van der Waals surface area contributed by atoms with Crippen LogP contribution in [0.1, 0.15) is 22.7 Å². The van der Waals surface area contributed by atoms with Crippen LogP contribution in [0.5, 0.6) is 0 Å². The number of hydrogen-bond acceptors (Lipinski definition) is 4. The first-order chi connectivity index (χ1) is 14.9. The summed E-state index contributed by atoms with van der Waals surface area (Å²) in [5.41, 5.74) is 4.89. The number of ether oxygens (including phenoxy) is 1. The number of rotatable bonds is 8. The summed E-state index contributed by atoms with van der Waals surface area (Å²) in [6.07, 6.45) is 0. The molecule has 158 valence electrons. The van der Waals surface area contributed by atoms with E-state index in [1.165, 1.54) is 12.1 Å². The predicted octanol–water partition coefficient (Wildman–Crippen LogP) is 4.47. The minimum atomic E-state index is -3.93. The molecular formula is C25H23NO4S. The van der Waals surface area contributed by atoms with E-state index < -0.39 is 22.0 Å². The highest BCUT2D eigenvalue weighted by Gasteiger charge is 2.29. The summed E-state index contributed by atoms with van der Waals surface area (Å²) >= 11 is 0. The van der Waals surface area contributed by atoms with Gasteiger partial charge in [-0.3, -0.25) is 0 Å². The molecule has 0 aromatic heterocycles. The zero-order chi connectivity index (χ0) is 22.3. The third-order valence-electron chi connectivity index (χ3n) is 4.65. The van der Waals surface area contributed by atoms with Crippen LogP contribution in [0.2, 0.25) is 0 Å². The molecule has 0 fully saturated rings. The fourth-order valence-electron chi connectivity index (χ4n) is 2.97. The van der Waals surface area contributed by atoms with Crippen molar-refractivity contribution in [3.63, 3.8) is 0 Å². The molecule has 0 spiro atoms. The molecule has 31 heavy (non-hydrogen) atoms. The van der Waals surface area contributed by atoms with Crippen LogP contribution >= 0.6 is 0 Å². The first-order valence-electron chi connectivity index (χ1n) is 9.65. The lowest BCUT2D eigenvalue weighted by Gasteiger charge is -2.20. The predicted molar refractivity (Wildman–Crippen MR) is 120 cm³/mol. The molecule has 3 aromatic carbocycles. The topological polar surface area (TPSA) is 72.5 Å². The highest BCUT2D eigenvalue weighted by Crippen LogP contribution is 2.25. The second-order valence-corrected chi connectivity index (χ2v) is 8.64. The summed E-state index contributed by atoms with van der Waals surface area (Å²) < 4.78 is 34.1. The number of esters is 1. The highest BCUT2D eigenvalue weighted by atomic mass is 32.2. The number of carbonyl (C=O) groups is 1. The summed E-state index contributed by atoms with van der Waals surface area (Å²) in [4.78, 5) is 12.9. The third kappa shape index (κ3) is 5.80. The lowest BCUT2D eigenvalue weighted by molar-refractivity contribution is -0.140. The Bertz CT molecular complexity index is 1180. The Morgan fingerprint density at radius 2 is 1.55 bits per heavy atom. The summed E-state index contributed by atoms with van der Waals surface area (Å²) in [5, 5.41) is 0. The molecule has 0 aliphatic heterocycles. The molecule has 0 saturated heterocycles. The first-order valence-corrected chi connectivity index (χ1v) is 11.1. The standard InChI is InChI=1S/C25H23NO4S/c1-3-23(25(27)30-18-20-10-6-4-7-11-20)24(21-12-8-5-9-13-21)26-31(28,29)22-16-14-19(2)15-17-22/h4-17,24,26H,1,18H2,2H3/t24-/m1/s1. The third-order valence-corrected chi connectivity index (χ3v) is 6.09. The van der Waals surface area contributed by atoms with Crippen LogP contribution < -0.4 is 4.72 Å². The van der Waals surface area contributed by atoms with E-state index in [4.69, 9.17) is 4.74 Å². The molecule has 0 heterocycles. The summed E-state index contributed by atoms with van der Waals surface area (Å²) in [6.45, 7) is 5.53. The molecule has 0 aliphatic rings. The number of carbonyl (C=O) groups excluding carboxylic acids is 1. The summed E-state index contributed by atoms with van der Waals surface area (Å²) in [5.74, 6) is -0.695. The number of aryl methyl sites for hydroxylation is 1. The van der Waals surface area contributed by atoms with Gasteiger partial charge in [0.1, 0.15) is 12.2 Å². The van der Waals surface area contributed by atoms with E-state index in [2.05, 4.69) is 17.0 Å². The van der Waals surface area contributed by atoms with Gasteiger partial charge in [0.2, 0.25) is 10.0 Å². The quantitative estimate of drug-likeness (QED) is 0.323. The molecule has 0 aliphatic carbocycles. The van der Waals surface area contributed by atoms with Crippen LogP contribution in [-0.2, 0) is 26.2 Å². The maximum atomic E-state index is 13.0. The average molecular weight is 434 g/mol. The van der Waals surface area contributed by atoms with Gasteiger partial charge in [0.25, 0.3) is 0 Å². The van der Waals surface area contributed by atoms with Crippen LogP contribution in [0.15, 0.2) is 108 Å². The van der Waals surface area contributed by atoms with E-state index in [-0.39, 0.29) is 17.1 Å². The van der Waals surface area contributed by atoms with Crippen LogP contribution in [-0.4, -0.2) is 14.4 Å². The normalized spacial score (nSPS) is 11.9. The van der Waals surface area contributed by atoms with Gasteiger partial charge in [-0.15, -0.1) is 5.73 Å². The number of nitrogens with one attached hydrogen (secondary N) is 1. The summed E-state index contributed by atoms with van der Waals surface area (Å²) in [6, 6.07) is 23.5. The van der Waals surface area contributed by atoms with Crippen molar-refractivity contribution in [2.75, 3.05) is 0 Å². The fraction of sp³-hybridized carbons (Fsp3) is 0.120. The van der Waals surface area contributed by atoms with Crippen LogP contribution in [0.25, 0.3) is 0 Å². The van der Waals surface area contributed by atoms with Crippen molar-refractivity contribution in [2.45, 2.75) is 24.5 Å². The van der Waals surface area contributed by atoms with Gasteiger partial charge in [-0.25, -0.2) is 13.2 Å². The van der Waals surface area contributed by atoms with Crippen molar-refractivity contribution < 1.29 is 17.9 Å². The van der Waals surface area contributed by atoms with Crippen molar-refractivity contribution in [3.8, 4) is 0 Å². The molecule has 6 heteroatoms. The Kier molecular flexibility index (Phi) is 7.21. The molecule has 0 radical (unpaired) electrons. The van der Waals surface area contributed by atoms with Crippen LogP contribution in [0.4, 0.5) is 0 Å². The van der Waals surface area contributed by atoms with Crippen LogP contribution in [0.3, 0.4) is 0 Å². The second-order valence-electron chi connectivity index (χ2n) is 6.93. The second kappa shape index (κ2) is 10.0. The van der Waals surface area contributed by atoms with Gasteiger partial charge in [0, 0.05) is 0 Å². The number of hydrogen-bond donors (Lipinski definition) is 1. The minimum absolute atomic E-state index is 0.0159. The maximum Gasteiger partial charge on any atom is 0.344 e. The number of sulfonamides is 1. The largest absolute Gasteiger partial charge is 0.457 e. The summed E-state index contributed by atoms with van der Waals surface area (Å²) in [7, 11) is -3.93. The maximum absolute atomic E-state index is 13.0. The van der Waals surface area contributed by atoms with Crippen molar-refractivity contribution >= 4 is 16.0 Å². The van der Waals surface area contributed by atoms with Gasteiger partial charge >= 0.3 is 5.97 Å². The Hall–Kier alpha value is -3.44. The van der Waals surface area contributed by atoms with E-state index >= 15 is 0 Å². The van der Waals surface area contributed by atoms with Gasteiger partial charge in [-0.2, -0.15) is 4.72 Å². The Labute approximate surface area is 182 Å². The van der Waals surface area contributed by atoms with E-state index in [1.54, 1.807) is 42.5 Å². The molecular weight excluding hydrogens is 410 g/mol. The molecule has 5 nitrogen and oxygen atoms in total. The Morgan fingerprint density at radius 3 is 2.13 bits per heavy atom. The first kappa shape index (κ1) is 22.2. The van der Waals surface area contributed by atoms with E-state index in [0.29, 0.717) is 5.56 Å². The van der Waals surface area contributed by atoms with Gasteiger partial charge < -0.3 is 4.74 Å². The minimum Gasteiger partial charge on any atom is -0.457 e. The van der Waals surface area contributed by atoms with Crippen molar-refractivity contribution in [1.82, 2.24) is 4.72 Å². The van der Waals surface area contributed by atoms with Crippen molar-refractivity contribution in [2.24, 2.45) is 0 Å². The molecule has 0 saturated carbocycles. The van der Waals surface area contributed by atoms with Gasteiger partial charge in [0.05, 0.1) is 10.9 Å². The molecule has 0 bridgehead atoms. The number of benzene rings is 3. The van der Waals surface area contributed by atoms with Gasteiger partial charge in [-0.1, -0.05) is 84.9 Å². The monoisotopic (exact) mass is 433 g/mol. The van der Waals surface area contributed by atoms with E-state index in [9.17, 15) is 13.2 Å². The van der Waals surface area contributed by atoms with Crippen LogP contribution in [0, 0.1) is 6.92 Å². The molecule has 1 N–H and O–H groups in total. The van der Waals surface area contributed by atoms with Crippen molar-refractivity contribution in [3.05, 3.63) is 120 Å². The fourth-order valence-corrected chi connectivity index (χ4v) is 4.17. The van der Waals surface area contributed by atoms with E-state index in [1.807, 2.05) is 37.3 Å². The highest BCUT2D eigenvalue weighted by molar-refractivity contribution is 7.89. The molecule has 1 atom stereocenters. The zero-order valence-electron chi connectivity index (χ0n) is 17.1. The van der Waals surface area contributed by atoms with Gasteiger partial charge in [0.15, 0.2) is 0 Å². The van der Waals surface area contributed by atoms with Crippen molar-refractivity contribution in [1.29, 1.82) is 0 Å². The van der Waals surface area contributed by atoms with E-state index in [0.717, 1.165) is 11.1 Å². The lowest BCUT2D eigenvalue weighted by Crippen LogP contribution is -2.32. The lowest BCUT2D eigenvalue weighted by atomic mass is 10.0. The SMILES string of the molecule is C=C=C(C(=O)OCc1ccccc1)[C@H](NS(=O)(=O)c1ccc(C)cc1)c1ccccc1. The Balaban J connectivity index is 1.89. The Morgan fingerprint density at radius 1 is 0.968 bits per heavy atom. The molecule has 3 aromatic rings. The van der Waals surface area contributed by atoms with Gasteiger partial charge in [-0.05, 0) is 30.2 Å².